The molecule has 0 spiro atoms. The molecule has 124 valence electrons. The number of likely N-dealkylation sites (N-methyl/N-ethyl adjacent to an activating group) is 1. The number of benzene rings is 1. The highest BCUT2D eigenvalue weighted by Crippen LogP contribution is 2.26. The van der Waals surface area contributed by atoms with Gasteiger partial charge in [0, 0.05) is 44.8 Å². The Morgan fingerprint density at radius 1 is 1.17 bits per heavy atom. The molecule has 1 aromatic carbocycles. The second-order valence-electron chi connectivity index (χ2n) is 6.14. The van der Waals surface area contributed by atoms with Gasteiger partial charge in [-0.1, -0.05) is 6.92 Å². The molecular weight excluding hydrogens is 297 g/mol. The van der Waals surface area contributed by atoms with Crippen LogP contribution in [0.25, 0.3) is 0 Å². The van der Waals surface area contributed by atoms with Crippen LogP contribution >= 0.6 is 0 Å². The van der Waals surface area contributed by atoms with Crippen LogP contribution in [0.2, 0.25) is 0 Å². The molecule has 1 aromatic rings. The average molecular weight is 319 g/mol. The van der Waals surface area contributed by atoms with Crippen molar-refractivity contribution in [2.75, 3.05) is 44.2 Å². The molecule has 0 aliphatic carbocycles. The normalized spacial score (nSPS) is 22.7. The summed E-state index contributed by atoms with van der Waals surface area (Å²) in [4.78, 5) is 30.6. The van der Waals surface area contributed by atoms with Crippen molar-refractivity contribution in [3.05, 3.63) is 30.1 Å². The molecule has 0 saturated carbocycles. The van der Waals surface area contributed by atoms with Gasteiger partial charge in [-0.15, -0.1) is 0 Å². The maximum Gasteiger partial charge on any atom is 0.228 e. The summed E-state index contributed by atoms with van der Waals surface area (Å²) in [7, 11) is 0. The molecule has 2 fully saturated rings. The molecule has 0 bridgehead atoms. The van der Waals surface area contributed by atoms with Crippen molar-refractivity contribution in [1.29, 1.82) is 0 Å². The van der Waals surface area contributed by atoms with E-state index in [0.29, 0.717) is 12.2 Å². The lowest BCUT2D eigenvalue weighted by Crippen LogP contribution is -2.50. The smallest absolute Gasteiger partial charge is 0.228 e. The van der Waals surface area contributed by atoms with Gasteiger partial charge < -0.3 is 14.7 Å². The summed E-state index contributed by atoms with van der Waals surface area (Å²) in [5.41, 5.74) is 0.655. The van der Waals surface area contributed by atoms with Gasteiger partial charge in [0.25, 0.3) is 0 Å². The summed E-state index contributed by atoms with van der Waals surface area (Å²) in [5, 5.41) is 0. The summed E-state index contributed by atoms with van der Waals surface area (Å²) in [5.74, 6) is -0.622. The molecule has 2 saturated heterocycles. The highest BCUT2D eigenvalue weighted by atomic mass is 19.1. The van der Waals surface area contributed by atoms with E-state index in [-0.39, 0.29) is 30.0 Å². The molecule has 2 heterocycles. The molecule has 0 N–H and O–H groups in total. The zero-order chi connectivity index (χ0) is 16.4. The highest BCUT2D eigenvalue weighted by molar-refractivity contribution is 6.00. The van der Waals surface area contributed by atoms with Crippen molar-refractivity contribution < 1.29 is 14.0 Å². The number of hydrogen-bond acceptors (Lipinski definition) is 3. The fourth-order valence-corrected chi connectivity index (χ4v) is 3.29. The van der Waals surface area contributed by atoms with E-state index < -0.39 is 0 Å². The number of amides is 2. The van der Waals surface area contributed by atoms with Gasteiger partial charge in [0.2, 0.25) is 11.8 Å². The van der Waals surface area contributed by atoms with Crippen LogP contribution in [-0.2, 0) is 9.59 Å². The van der Waals surface area contributed by atoms with Crippen LogP contribution < -0.4 is 4.90 Å². The van der Waals surface area contributed by atoms with E-state index in [4.69, 9.17) is 0 Å². The lowest BCUT2D eigenvalue weighted by molar-refractivity contribution is -0.137. The van der Waals surface area contributed by atoms with E-state index in [2.05, 4.69) is 11.8 Å². The standard InChI is InChI=1S/C17H22FN3O2/c1-2-19-7-9-20(10-8-19)17(23)13-11-16(22)21(12-13)15-5-3-14(18)4-6-15/h3-6,13H,2,7-12H2,1H3/t13-/m1/s1. The first-order chi connectivity index (χ1) is 11.1. The first-order valence-electron chi connectivity index (χ1n) is 8.15. The quantitative estimate of drug-likeness (QED) is 0.844. The molecule has 2 aliphatic rings. The molecule has 0 aromatic heterocycles. The Labute approximate surface area is 135 Å². The summed E-state index contributed by atoms with van der Waals surface area (Å²) in [6.07, 6.45) is 0.240. The molecule has 6 heteroatoms. The van der Waals surface area contributed by atoms with Gasteiger partial charge in [0.1, 0.15) is 5.82 Å². The van der Waals surface area contributed by atoms with Crippen LogP contribution in [0.5, 0.6) is 0 Å². The number of anilines is 1. The molecule has 1 atom stereocenters. The van der Waals surface area contributed by atoms with Crippen molar-refractivity contribution in [1.82, 2.24) is 9.80 Å². The zero-order valence-corrected chi connectivity index (χ0v) is 13.4. The molecular formula is C17H22FN3O2. The van der Waals surface area contributed by atoms with Gasteiger partial charge >= 0.3 is 0 Å². The second-order valence-corrected chi connectivity index (χ2v) is 6.14. The number of rotatable bonds is 3. The number of nitrogens with zero attached hydrogens (tertiary/aromatic N) is 3. The van der Waals surface area contributed by atoms with Crippen LogP contribution in [0.1, 0.15) is 13.3 Å². The largest absolute Gasteiger partial charge is 0.340 e. The minimum atomic E-state index is -0.332. The average Bonchev–Trinajstić information content (AvgIpc) is 2.97. The van der Waals surface area contributed by atoms with Crippen LogP contribution in [0.3, 0.4) is 0 Å². The van der Waals surface area contributed by atoms with E-state index in [1.807, 2.05) is 4.90 Å². The first kappa shape index (κ1) is 15.9. The van der Waals surface area contributed by atoms with E-state index in [1.165, 1.54) is 12.1 Å². The SMILES string of the molecule is CCN1CCN(C(=O)[C@@H]2CC(=O)N(c3ccc(F)cc3)C2)CC1. The number of carbonyl (C=O) groups is 2. The van der Waals surface area contributed by atoms with Gasteiger partial charge in [-0.2, -0.15) is 0 Å². The van der Waals surface area contributed by atoms with Gasteiger partial charge in [-0.05, 0) is 30.8 Å². The van der Waals surface area contributed by atoms with Crippen molar-refractivity contribution in [3.63, 3.8) is 0 Å². The number of carbonyl (C=O) groups excluding carboxylic acids is 2. The lowest BCUT2D eigenvalue weighted by atomic mass is 10.1. The first-order valence-corrected chi connectivity index (χ1v) is 8.15. The molecule has 2 amide bonds. The van der Waals surface area contributed by atoms with Crippen molar-refractivity contribution in [2.45, 2.75) is 13.3 Å². The summed E-state index contributed by atoms with van der Waals surface area (Å²) < 4.78 is 13.0. The van der Waals surface area contributed by atoms with E-state index in [0.717, 1.165) is 32.7 Å². The Hall–Kier alpha value is -1.95. The van der Waals surface area contributed by atoms with Gasteiger partial charge in [-0.25, -0.2) is 4.39 Å². The van der Waals surface area contributed by atoms with E-state index in [9.17, 15) is 14.0 Å². The zero-order valence-electron chi connectivity index (χ0n) is 13.4. The van der Waals surface area contributed by atoms with Gasteiger partial charge in [0.05, 0.1) is 5.92 Å². The van der Waals surface area contributed by atoms with Gasteiger partial charge in [0.15, 0.2) is 0 Å². The third-order valence-corrected chi connectivity index (χ3v) is 4.74. The van der Waals surface area contributed by atoms with Crippen molar-refractivity contribution in [2.24, 2.45) is 5.92 Å². The molecule has 2 aliphatic heterocycles. The van der Waals surface area contributed by atoms with Crippen LogP contribution in [0.15, 0.2) is 24.3 Å². The Balaban J connectivity index is 1.63. The lowest BCUT2D eigenvalue weighted by Gasteiger charge is -2.35. The maximum atomic E-state index is 13.0. The van der Waals surface area contributed by atoms with Crippen LogP contribution in [-0.4, -0.2) is 60.9 Å². The number of piperazine rings is 1. The topological polar surface area (TPSA) is 43.9 Å². The minimum Gasteiger partial charge on any atom is -0.340 e. The molecule has 3 rings (SSSR count). The Kier molecular flexibility index (Phi) is 4.61. The van der Waals surface area contributed by atoms with Gasteiger partial charge in [-0.3, -0.25) is 9.59 Å². The van der Waals surface area contributed by atoms with E-state index >= 15 is 0 Å². The predicted molar refractivity (Wildman–Crippen MR) is 85.6 cm³/mol. The monoisotopic (exact) mass is 319 g/mol. The fraction of sp³-hybridized carbons (Fsp3) is 0.529. The molecule has 0 radical (unpaired) electrons. The highest BCUT2D eigenvalue weighted by Gasteiger charge is 2.37. The van der Waals surface area contributed by atoms with Crippen LogP contribution in [0, 0.1) is 11.7 Å². The van der Waals surface area contributed by atoms with E-state index in [1.54, 1.807) is 17.0 Å². The Morgan fingerprint density at radius 2 is 1.83 bits per heavy atom. The van der Waals surface area contributed by atoms with Crippen molar-refractivity contribution in [3.8, 4) is 0 Å². The second kappa shape index (κ2) is 6.66. The fourth-order valence-electron chi connectivity index (χ4n) is 3.29. The third-order valence-electron chi connectivity index (χ3n) is 4.74. The maximum absolute atomic E-state index is 13.0. The number of hydrogen-bond donors (Lipinski definition) is 0. The minimum absolute atomic E-state index is 0.0675. The predicted octanol–water partition coefficient (Wildman–Crippen LogP) is 1.34. The summed E-state index contributed by atoms with van der Waals surface area (Å²) in [6, 6.07) is 5.84. The van der Waals surface area contributed by atoms with Crippen molar-refractivity contribution >= 4 is 17.5 Å². The summed E-state index contributed by atoms with van der Waals surface area (Å²) >= 11 is 0. The molecule has 5 nitrogen and oxygen atoms in total. The molecule has 0 unspecified atom stereocenters. The Bertz CT molecular complexity index is 582. The van der Waals surface area contributed by atoms with Crippen LogP contribution in [0.4, 0.5) is 10.1 Å². The Morgan fingerprint density at radius 3 is 2.43 bits per heavy atom. The number of halogens is 1. The summed E-state index contributed by atoms with van der Waals surface area (Å²) in [6.45, 7) is 6.75. The molecule has 23 heavy (non-hydrogen) atoms. The third kappa shape index (κ3) is 3.37.